The normalized spacial score (nSPS) is 10.4. The molecule has 0 bridgehead atoms. The summed E-state index contributed by atoms with van der Waals surface area (Å²) < 4.78 is 0. The van der Waals surface area contributed by atoms with E-state index in [1.807, 2.05) is 0 Å². The van der Waals surface area contributed by atoms with Crippen molar-refractivity contribution >= 4 is 0 Å². The van der Waals surface area contributed by atoms with E-state index >= 15 is 0 Å². The molecule has 1 heteroatoms. The van der Waals surface area contributed by atoms with Gasteiger partial charge in [-0.05, 0) is 29.5 Å². The van der Waals surface area contributed by atoms with Crippen molar-refractivity contribution in [3.05, 3.63) is 60.2 Å². The van der Waals surface area contributed by atoms with E-state index in [1.54, 1.807) is 0 Å². The Bertz CT molecular complexity index is 553. The van der Waals surface area contributed by atoms with Gasteiger partial charge < -0.3 is 1.43 Å². The summed E-state index contributed by atoms with van der Waals surface area (Å²) in [6, 6.07) is 19.7. The fourth-order valence-electron chi connectivity index (χ4n) is 3.44. The Morgan fingerprint density at radius 3 is 1.76 bits per heavy atom. The minimum absolute atomic E-state index is 0. The Labute approximate surface area is 179 Å². The summed E-state index contributed by atoms with van der Waals surface area (Å²) in [5.74, 6) is 0. The standard InChI is InChI=1S/C24H34.Na.H/c1-2-3-4-5-6-7-8-9-10-12-17-23-20-15-16-21-24(23)22-18-13-11-14-19-22;;/h11,13-16,18-21H,2-10,12,17H2,1H3;;/q;+1;-1. The molecule has 0 aliphatic carbocycles. The third-order valence-electron chi connectivity index (χ3n) is 4.90. The molecule has 2 aromatic carbocycles. The summed E-state index contributed by atoms with van der Waals surface area (Å²) in [4.78, 5) is 0. The molecule has 0 unspecified atom stereocenters. The summed E-state index contributed by atoms with van der Waals surface area (Å²) in [7, 11) is 0. The Morgan fingerprint density at radius 2 is 1.12 bits per heavy atom. The molecule has 25 heavy (non-hydrogen) atoms. The fourth-order valence-corrected chi connectivity index (χ4v) is 3.44. The Balaban J connectivity index is 0.00000312. The zero-order valence-corrected chi connectivity index (χ0v) is 18.5. The molecule has 0 amide bonds. The zero-order valence-electron chi connectivity index (χ0n) is 17.5. The molecule has 0 atom stereocenters. The molecule has 0 radical (unpaired) electrons. The summed E-state index contributed by atoms with van der Waals surface area (Å²) in [6.45, 7) is 2.29. The van der Waals surface area contributed by atoms with Crippen LogP contribution in [0.2, 0.25) is 0 Å². The fraction of sp³-hybridized carbons (Fsp3) is 0.500. The minimum atomic E-state index is 0. The summed E-state index contributed by atoms with van der Waals surface area (Å²) in [5, 5.41) is 0. The number of hydrogen-bond acceptors (Lipinski definition) is 0. The van der Waals surface area contributed by atoms with Gasteiger partial charge in [0.25, 0.3) is 0 Å². The summed E-state index contributed by atoms with van der Waals surface area (Å²) in [6.07, 6.45) is 15.3. The summed E-state index contributed by atoms with van der Waals surface area (Å²) in [5.41, 5.74) is 4.26. The number of rotatable bonds is 12. The van der Waals surface area contributed by atoms with E-state index in [1.165, 1.54) is 87.3 Å². The van der Waals surface area contributed by atoms with Gasteiger partial charge in [-0.25, -0.2) is 0 Å². The van der Waals surface area contributed by atoms with E-state index < -0.39 is 0 Å². The molecule has 0 fully saturated rings. The molecule has 0 aliphatic rings. The van der Waals surface area contributed by atoms with Gasteiger partial charge >= 0.3 is 29.6 Å². The second-order valence-corrected chi connectivity index (χ2v) is 6.96. The monoisotopic (exact) mass is 346 g/mol. The van der Waals surface area contributed by atoms with Crippen LogP contribution in [0.5, 0.6) is 0 Å². The van der Waals surface area contributed by atoms with Crippen LogP contribution in [0.25, 0.3) is 11.1 Å². The molecule has 0 aliphatic heterocycles. The van der Waals surface area contributed by atoms with Crippen LogP contribution in [0.3, 0.4) is 0 Å². The largest absolute Gasteiger partial charge is 1.00 e. The van der Waals surface area contributed by atoms with Gasteiger partial charge in [-0.3, -0.25) is 0 Å². The van der Waals surface area contributed by atoms with Crippen molar-refractivity contribution < 1.29 is 31.0 Å². The number of unbranched alkanes of at least 4 members (excludes halogenated alkanes) is 9. The first kappa shape index (κ1) is 22.5. The van der Waals surface area contributed by atoms with Crippen LogP contribution in [-0.2, 0) is 6.42 Å². The minimum Gasteiger partial charge on any atom is -1.00 e. The maximum absolute atomic E-state index is 2.30. The first-order valence-electron chi connectivity index (χ1n) is 10.0. The molecule has 0 spiro atoms. The van der Waals surface area contributed by atoms with E-state index in [9.17, 15) is 0 Å². The molecule has 0 aromatic heterocycles. The second-order valence-electron chi connectivity index (χ2n) is 6.96. The third-order valence-corrected chi connectivity index (χ3v) is 4.90. The van der Waals surface area contributed by atoms with Gasteiger partial charge in [0.1, 0.15) is 0 Å². The first-order valence-corrected chi connectivity index (χ1v) is 10.0. The van der Waals surface area contributed by atoms with Gasteiger partial charge in [-0.15, -0.1) is 0 Å². The first-order chi connectivity index (χ1) is 11.9. The van der Waals surface area contributed by atoms with Crippen LogP contribution < -0.4 is 29.6 Å². The molecule has 132 valence electrons. The molecule has 0 nitrogen and oxygen atoms in total. The molecule has 2 rings (SSSR count). The van der Waals surface area contributed by atoms with Crippen LogP contribution in [-0.4, -0.2) is 0 Å². The van der Waals surface area contributed by atoms with E-state index in [0.717, 1.165) is 0 Å². The van der Waals surface area contributed by atoms with Crippen LogP contribution in [0.1, 0.15) is 78.1 Å². The molecule has 0 saturated carbocycles. The van der Waals surface area contributed by atoms with Crippen molar-refractivity contribution in [3.8, 4) is 11.1 Å². The predicted octanol–water partition coefficient (Wildman–Crippen LogP) is 4.93. The zero-order chi connectivity index (χ0) is 16.9. The number of aryl methyl sites for hydroxylation is 1. The molecule has 2 aromatic rings. The predicted molar refractivity (Wildman–Crippen MR) is 109 cm³/mol. The number of benzene rings is 2. The average Bonchev–Trinajstić information content (AvgIpc) is 2.64. The van der Waals surface area contributed by atoms with Crippen molar-refractivity contribution in [1.82, 2.24) is 0 Å². The molecular formula is C24H35Na. The topological polar surface area (TPSA) is 0 Å². The van der Waals surface area contributed by atoms with Crippen LogP contribution in [0, 0.1) is 0 Å². The Kier molecular flexibility index (Phi) is 13.1. The Morgan fingerprint density at radius 1 is 0.600 bits per heavy atom. The van der Waals surface area contributed by atoms with Crippen LogP contribution in [0.4, 0.5) is 0 Å². The maximum atomic E-state index is 2.30. The Hall–Kier alpha value is -0.560. The van der Waals surface area contributed by atoms with Gasteiger partial charge in [0.15, 0.2) is 0 Å². The van der Waals surface area contributed by atoms with Gasteiger partial charge in [-0.2, -0.15) is 0 Å². The average molecular weight is 347 g/mol. The quantitative estimate of drug-likeness (QED) is 0.377. The number of hydrogen-bond donors (Lipinski definition) is 0. The third kappa shape index (κ3) is 9.08. The van der Waals surface area contributed by atoms with Crippen molar-refractivity contribution in [2.75, 3.05) is 0 Å². The molecule has 0 N–H and O–H groups in total. The van der Waals surface area contributed by atoms with Crippen LogP contribution >= 0.6 is 0 Å². The maximum Gasteiger partial charge on any atom is 1.00 e. The summed E-state index contributed by atoms with van der Waals surface area (Å²) >= 11 is 0. The SMILES string of the molecule is CCCCCCCCCCCCc1ccccc1-c1ccccc1.[H-].[Na+]. The van der Waals surface area contributed by atoms with Crippen molar-refractivity contribution in [2.24, 2.45) is 0 Å². The van der Waals surface area contributed by atoms with Crippen molar-refractivity contribution in [2.45, 2.75) is 77.6 Å². The second kappa shape index (κ2) is 14.6. The van der Waals surface area contributed by atoms with E-state index in [-0.39, 0.29) is 31.0 Å². The molecular weight excluding hydrogens is 311 g/mol. The van der Waals surface area contributed by atoms with Gasteiger partial charge in [0.05, 0.1) is 0 Å². The van der Waals surface area contributed by atoms with Gasteiger partial charge in [-0.1, -0.05) is 119 Å². The smallest absolute Gasteiger partial charge is 1.00 e. The van der Waals surface area contributed by atoms with E-state index in [0.29, 0.717) is 0 Å². The van der Waals surface area contributed by atoms with E-state index in [4.69, 9.17) is 0 Å². The van der Waals surface area contributed by atoms with Gasteiger partial charge in [0, 0.05) is 0 Å². The molecule has 0 heterocycles. The van der Waals surface area contributed by atoms with E-state index in [2.05, 4.69) is 61.5 Å². The van der Waals surface area contributed by atoms with Crippen molar-refractivity contribution in [1.29, 1.82) is 0 Å². The van der Waals surface area contributed by atoms with Crippen LogP contribution in [0.15, 0.2) is 54.6 Å². The van der Waals surface area contributed by atoms with Crippen molar-refractivity contribution in [3.63, 3.8) is 0 Å². The van der Waals surface area contributed by atoms with Gasteiger partial charge in [0.2, 0.25) is 0 Å². The molecule has 0 saturated heterocycles.